The molecule has 0 saturated heterocycles. The number of fused-ring (bicyclic) bond motifs is 1. The Hall–Kier alpha value is -2.10. The maximum absolute atomic E-state index is 4.10. The third-order valence-electron chi connectivity index (χ3n) is 2.55. The molecule has 15 heavy (non-hydrogen) atoms. The molecule has 1 aromatic carbocycles. The first-order valence-corrected chi connectivity index (χ1v) is 4.74. The second-order valence-corrected chi connectivity index (χ2v) is 3.56. The SMILES string of the molecule is Cn1cncc1-c1ccc2cn[nH]c2c1. The van der Waals surface area contributed by atoms with E-state index < -0.39 is 0 Å². The average molecular weight is 198 g/mol. The number of nitrogens with zero attached hydrogens (tertiary/aromatic N) is 3. The van der Waals surface area contributed by atoms with Gasteiger partial charge < -0.3 is 4.57 Å². The molecule has 2 heterocycles. The van der Waals surface area contributed by atoms with Gasteiger partial charge in [-0.1, -0.05) is 12.1 Å². The number of rotatable bonds is 1. The second-order valence-electron chi connectivity index (χ2n) is 3.56. The lowest BCUT2D eigenvalue weighted by atomic mass is 10.1. The van der Waals surface area contributed by atoms with E-state index in [1.807, 2.05) is 24.0 Å². The van der Waals surface area contributed by atoms with Crippen LogP contribution in [0.5, 0.6) is 0 Å². The van der Waals surface area contributed by atoms with Crippen molar-refractivity contribution < 1.29 is 0 Å². The van der Waals surface area contributed by atoms with Crippen LogP contribution in [0.15, 0.2) is 36.9 Å². The summed E-state index contributed by atoms with van der Waals surface area (Å²) in [7, 11) is 1.99. The minimum Gasteiger partial charge on any atom is -0.334 e. The third-order valence-corrected chi connectivity index (χ3v) is 2.55. The average Bonchev–Trinajstić information content (AvgIpc) is 2.84. The van der Waals surface area contributed by atoms with Gasteiger partial charge in [-0.2, -0.15) is 5.10 Å². The fraction of sp³-hybridized carbons (Fsp3) is 0.0909. The van der Waals surface area contributed by atoms with Crippen molar-refractivity contribution in [2.75, 3.05) is 0 Å². The molecule has 4 heteroatoms. The molecule has 74 valence electrons. The van der Waals surface area contributed by atoms with Crippen LogP contribution in [0.2, 0.25) is 0 Å². The molecule has 2 aromatic heterocycles. The molecular formula is C11H10N4. The van der Waals surface area contributed by atoms with Crippen molar-refractivity contribution in [3.63, 3.8) is 0 Å². The van der Waals surface area contributed by atoms with Gasteiger partial charge in [0.1, 0.15) is 0 Å². The van der Waals surface area contributed by atoms with E-state index in [1.165, 1.54) is 0 Å². The first-order chi connectivity index (χ1) is 7.34. The summed E-state index contributed by atoms with van der Waals surface area (Å²) in [6, 6.07) is 6.22. The Morgan fingerprint density at radius 1 is 1.27 bits per heavy atom. The molecule has 0 aliphatic carbocycles. The van der Waals surface area contributed by atoms with Crippen LogP contribution < -0.4 is 0 Å². The van der Waals surface area contributed by atoms with Crippen LogP contribution in [-0.4, -0.2) is 19.7 Å². The molecule has 0 fully saturated rings. The van der Waals surface area contributed by atoms with E-state index in [-0.39, 0.29) is 0 Å². The lowest BCUT2D eigenvalue weighted by Crippen LogP contribution is -1.88. The van der Waals surface area contributed by atoms with Gasteiger partial charge in [0, 0.05) is 18.0 Å². The molecular weight excluding hydrogens is 188 g/mol. The van der Waals surface area contributed by atoms with Crippen LogP contribution in [0.3, 0.4) is 0 Å². The first kappa shape index (κ1) is 8.23. The van der Waals surface area contributed by atoms with Crippen LogP contribution in [0.1, 0.15) is 0 Å². The molecule has 0 atom stereocenters. The zero-order chi connectivity index (χ0) is 10.3. The van der Waals surface area contributed by atoms with Crippen LogP contribution in [0.25, 0.3) is 22.2 Å². The van der Waals surface area contributed by atoms with Gasteiger partial charge in [0.15, 0.2) is 0 Å². The first-order valence-electron chi connectivity index (χ1n) is 4.74. The number of hydrogen-bond donors (Lipinski definition) is 1. The van der Waals surface area contributed by atoms with Gasteiger partial charge in [-0.3, -0.25) is 5.10 Å². The summed E-state index contributed by atoms with van der Waals surface area (Å²) in [4.78, 5) is 4.10. The van der Waals surface area contributed by atoms with Crippen molar-refractivity contribution >= 4 is 10.9 Å². The van der Waals surface area contributed by atoms with Crippen LogP contribution in [-0.2, 0) is 7.05 Å². The van der Waals surface area contributed by atoms with Gasteiger partial charge in [0.2, 0.25) is 0 Å². The fourth-order valence-corrected chi connectivity index (χ4v) is 1.73. The highest BCUT2D eigenvalue weighted by Gasteiger charge is 2.03. The zero-order valence-corrected chi connectivity index (χ0v) is 8.31. The summed E-state index contributed by atoms with van der Waals surface area (Å²) >= 11 is 0. The summed E-state index contributed by atoms with van der Waals surface area (Å²) in [6.45, 7) is 0. The van der Waals surface area contributed by atoms with E-state index in [4.69, 9.17) is 0 Å². The van der Waals surface area contributed by atoms with Crippen molar-refractivity contribution in [3.05, 3.63) is 36.9 Å². The summed E-state index contributed by atoms with van der Waals surface area (Å²) in [6.07, 6.45) is 5.48. The normalized spacial score (nSPS) is 11.0. The van der Waals surface area contributed by atoms with Crippen molar-refractivity contribution in [2.24, 2.45) is 7.05 Å². The zero-order valence-electron chi connectivity index (χ0n) is 8.31. The number of hydrogen-bond acceptors (Lipinski definition) is 2. The molecule has 0 radical (unpaired) electrons. The third kappa shape index (κ3) is 1.22. The maximum Gasteiger partial charge on any atom is 0.0948 e. The lowest BCUT2D eigenvalue weighted by molar-refractivity contribution is 0.921. The number of benzene rings is 1. The quantitative estimate of drug-likeness (QED) is 0.649. The Morgan fingerprint density at radius 3 is 3.00 bits per heavy atom. The largest absolute Gasteiger partial charge is 0.334 e. The Kier molecular flexibility index (Phi) is 1.62. The van der Waals surface area contributed by atoms with Crippen molar-refractivity contribution in [1.82, 2.24) is 19.7 Å². The Labute approximate surface area is 86.6 Å². The molecule has 1 N–H and O–H groups in total. The highest BCUT2D eigenvalue weighted by molar-refractivity contribution is 5.83. The second kappa shape index (κ2) is 2.95. The molecule has 3 rings (SSSR count). The van der Waals surface area contributed by atoms with Gasteiger partial charge in [-0.15, -0.1) is 0 Å². The predicted octanol–water partition coefficient (Wildman–Crippen LogP) is 1.96. The van der Waals surface area contributed by atoms with E-state index in [0.29, 0.717) is 0 Å². The Balaban J connectivity index is 2.23. The standard InChI is InChI=1S/C11H10N4/c1-15-7-12-6-11(15)8-2-3-9-5-13-14-10(9)4-8/h2-7H,1H3,(H,13,14). The fourth-order valence-electron chi connectivity index (χ4n) is 1.73. The number of nitrogens with one attached hydrogen (secondary N) is 1. The molecule has 0 amide bonds. The van der Waals surface area contributed by atoms with Crippen molar-refractivity contribution in [3.8, 4) is 11.3 Å². The van der Waals surface area contributed by atoms with Gasteiger partial charge in [-0.25, -0.2) is 4.98 Å². The molecule has 3 aromatic rings. The number of imidazole rings is 1. The van der Waals surface area contributed by atoms with Crippen LogP contribution >= 0.6 is 0 Å². The van der Waals surface area contributed by atoms with E-state index in [1.54, 1.807) is 6.33 Å². The number of H-pyrrole nitrogens is 1. The van der Waals surface area contributed by atoms with E-state index in [9.17, 15) is 0 Å². The molecule has 0 saturated carbocycles. The maximum atomic E-state index is 4.10. The van der Waals surface area contributed by atoms with E-state index >= 15 is 0 Å². The molecule has 0 aliphatic rings. The molecule has 0 spiro atoms. The highest BCUT2D eigenvalue weighted by Crippen LogP contribution is 2.22. The van der Waals surface area contributed by atoms with Crippen molar-refractivity contribution in [1.29, 1.82) is 0 Å². The lowest BCUT2D eigenvalue weighted by Gasteiger charge is -2.01. The molecule has 4 nitrogen and oxygen atoms in total. The highest BCUT2D eigenvalue weighted by atomic mass is 15.1. The number of aryl methyl sites for hydroxylation is 1. The Morgan fingerprint density at radius 2 is 2.20 bits per heavy atom. The monoisotopic (exact) mass is 198 g/mol. The summed E-state index contributed by atoms with van der Waals surface area (Å²) in [5.41, 5.74) is 3.30. The van der Waals surface area contributed by atoms with E-state index in [2.05, 4.69) is 33.4 Å². The van der Waals surface area contributed by atoms with E-state index in [0.717, 1.165) is 22.2 Å². The van der Waals surface area contributed by atoms with Gasteiger partial charge in [-0.05, 0) is 6.07 Å². The summed E-state index contributed by atoms with van der Waals surface area (Å²) in [5.74, 6) is 0. The number of aromatic nitrogens is 4. The van der Waals surface area contributed by atoms with Gasteiger partial charge >= 0.3 is 0 Å². The smallest absolute Gasteiger partial charge is 0.0948 e. The molecule has 0 unspecified atom stereocenters. The molecule has 0 aliphatic heterocycles. The summed E-state index contributed by atoms with van der Waals surface area (Å²) in [5, 5.41) is 8.09. The summed E-state index contributed by atoms with van der Waals surface area (Å²) < 4.78 is 2.00. The minimum atomic E-state index is 1.05. The van der Waals surface area contributed by atoms with Crippen molar-refractivity contribution in [2.45, 2.75) is 0 Å². The topological polar surface area (TPSA) is 46.5 Å². The predicted molar refractivity (Wildman–Crippen MR) is 58.3 cm³/mol. The van der Waals surface area contributed by atoms with Gasteiger partial charge in [0.05, 0.1) is 29.9 Å². The Bertz CT molecular complexity index is 606. The number of aromatic amines is 1. The van der Waals surface area contributed by atoms with Crippen LogP contribution in [0.4, 0.5) is 0 Å². The van der Waals surface area contributed by atoms with Crippen LogP contribution in [0, 0.1) is 0 Å². The minimum absolute atomic E-state index is 1.05. The van der Waals surface area contributed by atoms with Gasteiger partial charge in [0.25, 0.3) is 0 Å². The molecule has 0 bridgehead atoms.